The summed E-state index contributed by atoms with van der Waals surface area (Å²) < 4.78 is 9.73. The maximum Gasteiger partial charge on any atom is 0.364 e. The second-order valence-corrected chi connectivity index (χ2v) is 9.82. The van der Waals surface area contributed by atoms with Gasteiger partial charge in [-0.1, -0.05) is 0 Å². The number of aliphatic hydroxyl groups excluding tert-OH is 8. The lowest BCUT2D eigenvalue weighted by molar-refractivity contribution is -0.295. The summed E-state index contributed by atoms with van der Waals surface area (Å²) in [4.78, 5) is 44.2. The van der Waals surface area contributed by atoms with Crippen molar-refractivity contribution in [2.24, 2.45) is 0 Å². The minimum atomic E-state index is -2.78. The van der Waals surface area contributed by atoms with Crippen molar-refractivity contribution in [2.45, 2.75) is 99.2 Å². The number of carboxylic acid groups (broad SMARTS) is 2. The van der Waals surface area contributed by atoms with E-state index >= 15 is 0 Å². The smallest absolute Gasteiger partial charge is 0.364 e. The van der Waals surface area contributed by atoms with Gasteiger partial charge in [0.2, 0.25) is 11.8 Å². The predicted octanol–water partition coefficient (Wildman–Crippen LogP) is -7.74. The number of ether oxygens (including phenoxy) is 2. The average Bonchev–Trinajstić information content (AvgIpc) is 2.89. The third-order valence-electron chi connectivity index (χ3n) is 6.41. The molecule has 2 fully saturated rings. The molecule has 0 saturated carbocycles. The van der Waals surface area contributed by atoms with Gasteiger partial charge in [0, 0.05) is 26.7 Å². The van der Waals surface area contributed by atoms with Gasteiger partial charge in [-0.15, -0.1) is 0 Å². The Kier molecular flexibility index (Phi) is 13.6. The summed E-state index contributed by atoms with van der Waals surface area (Å²) in [6.45, 7) is 0.512. The standard InChI is InChI=1S/2C11H19NO9/c2*1-4(14)12-7-5(15)2-11(20,10(18)19)21-9(7)8(17)6(16)3-13/h2*5-9,13,15-17,20H,2-3H2,1H3,(H,12,14)(H,18,19)/t2*5-,6?,7+,8?,9+,11?/m00/s1. The van der Waals surface area contributed by atoms with Crippen LogP contribution in [0, 0.1) is 0 Å². The Balaban J connectivity index is 0.000000420. The predicted molar refractivity (Wildman–Crippen MR) is 130 cm³/mol. The summed E-state index contributed by atoms with van der Waals surface area (Å²) in [5.41, 5.74) is 0. The van der Waals surface area contributed by atoms with Gasteiger partial charge in [-0.05, 0) is 0 Å². The first kappa shape index (κ1) is 37.4. The normalized spacial score (nSPS) is 35.8. The van der Waals surface area contributed by atoms with Crippen molar-refractivity contribution in [3.63, 3.8) is 0 Å². The van der Waals surface area contributed by atoms with Gasteiger partial charge in [-0.3, -0.25) is 9.59 Å². The van der Waals surface area contributed by atoms with E-state index < -0.39 is 122 Å². The number of aliphatic carboxylic acids is 2. The van der Waals surface area contributed by atoms with Crippen molar-refractivity contribution in [3.8, 4) is 0 Å². The van der Waals surface area contributed by atoms with Crippen LogP contribution in [0.4, 0.5) is 0 Å². The van der Waals surface area contributed by atoms with E-state index in [0.717, 1.165) is 13.8 Å². The molecule has 2 saturated heterocycles. The number of carbonyl (C=O) groups excluding carboxylic acids is 2. The van der Waals surface area contributed by atoms with Crippen LogP contribution in [0.3, 0.4) is 0 Å². The Morgan fingerprint density at radius 3 is 1.21 bits per heavy atom. The van der Waals surface area contributed by atoms with E-state index in [1.165, 1.54) is 0 Å². The minimum absolute atomic E-state index is 0.598. The third-order valence-corrected chi connectivity index (χ3v) is 6.41. The van der Waals surface area contributed by atoms with Crippen LogP contribution in [0.15, 0.2) is 0 Å². The van der Waals surface area contributed by atoms with Gasteiger partial charge in [0.15, 0.2) is 0 Å². The lowest BCUT2D eigenvalue weighted by Gasteiger charge is -2.44. The molecule has 0 aliphatic carbocycles. The van der Waals surface area contributed by atoms with Crippen LogP contribution in [0.25, 0.3) is 0 Å². The van der Waals surface area contributed by atoms with E-state index in [9.17, 15) is 60.0 Å². The van der Waals surface area contributed by atoms with Crippen molar-refractivity contribution >= 4 is 23.8 Å². The third kappa shape index (κ3) is 9.20. The second kappa shape index (κ2) is 15.2. The van der Waals surface area contributed by atoms with Crippen molar-refractivity contribution < 1.29 is 89.9 Å². The quantitative estimate of drug-likeness (QED) is 0.108. The monoisotopic (exact) mass is 618 g/mol. The van der Waals surface area contributed by atoms with Crippen molar-refractivity contribution in [1.29, 1.82) is 0 Å². The molecule has 14 N–H and O–H groups in total. The highest BCUT2D eigenvalue weighted by Crippen LogP contribution is 2.31. The zero-order valence-electron chi connectivity index (χ0n) is 22.4. The molecule has 0 spiro atoms. The van der Waals surface area contributed by atoms with Crippen LogP contribution in [-0.2, 0) is 28.7 Å². The molecular formula is C22H38N2O18. The lowest BCUT2D eigenvalue weighted by atomic mass is 9.88. The number of nitrogens with one attached hydrogen (secondary N) is 2. The van der Waals surface area contributed by atoms with E-state index in [-0.39, 0.29) is 0 Å². The summed E-state index contributed by atoms with van der Waals surface area (Å²) in [5.74, 6) is -10.3. The first-order valence-corrected chi connectivity index (χ1v) is 12.4. The van der Waals surface area contributed by atoms with Gasteiger partial charge in [-0.25, -0.2) is 9.59 Å². The number of hydrogen-bond donors (Lipinski definition) is 14. The van der Waals surface area contributed by atoms with Crippen molar-refractivity contribution in [2.75, 3.05) is 13.2 Å². The van der Waals surface area contributed by atoms with Crippen LogP contribution in [0.5, 0.6) is 0 Å². The molecule has 244 valence electrons. The molecule has 2 aliphatic heterocycles. The molecule has 0 bridgehead atoms. The van der Waals surface area contributed by atoms with Crippen molar-refractivity contribution in [3.05, 3.63) is 0 Å². The highest BCUT2D eigenvalue weighted by atomic mass is 16.7. The Bertz CT molecular complexity index is 880. The molecule has 20 heteroatoms. The van der Waals surface area contributed by atoms with Crippen LogP contribution in [-0.4, -0.2) is 171 Å². The molecule has 20 nitrogen and oxygen atoms in total. The molecular weight excluding hydrogens is 580 g/mol. The van der Waals surface area contributed by atoms with Gasteiger partial charge in [0.25, 0.3) is 11.6 Å². The number of carbonyl (C=O) groups is 4. The lowest BCUT2D eigenvalue weighted by Crippen LogP contribution is -2.67. The molecule has 0 aromatic heterocycles. The summed E-state index contributed by atoms with van der Waals surface area (Å²) in [5, 5.41) is 118. The van der Waals surface area contributed by atoms with Gasteiger partial charge in [0.05, 0.1) is 37.5 Å². The number of amides is 2. The largest absolute Gasteiger partial charge is 0.477 e. The summed E-state index contributed by atoms with van der Waals surface area (Å²) in [7, 11) is 0. The number of rotatable bonds is 10. The fraction of sp³-hybridized carbons (Fsp3) is 0.818. The highest BCUT2D eigenvalue weighted by molar-refractivity contribution is 5.77. The van der Waals surface area contributed by atoms with Gasteiger partial charge < -0.3 is 81.4 Å². The topological polar surface area (TPSA) is 354 Å². The van der Waals surface area contributed by atoms with Crippen LogP contribution in [0.1, 0.15) is 26.7 Å². The molecule has 2 amide bonds. The van der Waals surface area contributed by atoms with Crippen molar-refractivity contribution in [1.82, 2.24) is 10.6 Å². The van der Waals surface area contributed by atoms with Gasteiger partial charge in [-0.2, -0.15) is 0 Å². The zero-order valence-corrected chi connectivity index (χ0v) is 22.4. The molecule has 2 aliphatic rings. The number of carboxylic acids is 2. The molecule has 0 radical (unpaired) electrons. The minimum Gasteiger partial charge on any atom is -0.477 e. The molecule has 2 rings (SSSR count). The summed E-state index contributed by atoms with van der Waals surface area (Å²) >= 11 is 0. The fourth-order valence-electron chi connectivity index (χ4n) is 4.27. The maximum absolute atomic E-state index is 11.1. The van der Waals surface area contributed by atoms with E-state index in [4.69, 9.17) is 29.9 Å². The van der Waals surface area contributed by atoms with Gasteiger partial charge >= 0.3 is 11.9 Å². The van der Waals surface area contributed by atoms with E-state index in [1.54, 1.807) is 0 Å². The van der Waals surface area contributed by atoms with E-state index in [0.29, 0.717) is 0 Å². The Morgan fingerprint density at radius 1 is 0.714 bits per heavy atom. The Labute approximate surface area is 237 Å². The number of aliphatic hydroxyl groups is 10. The molecule has 0 aromatic rings. The fourth-order valence-corrected chi connectivity index (χ4v) is 4.27. The highest BCUT2D eigenvalue weighted by Gasteiger charge is 2.55. The average molecular weight is 619 g/mol. The molecule has 6 unspecified atom stereocenters. The molecule has 42 heavy (non-hydrogen) atoms. The van der Waals surface area contributed by atoms with Crippen LogP contribution in [0.2, 0.25) is 0 Å². The summed E-state index contributed by atoms with van der Waals surface area (Å²) in [6.07, 6.45) is -15.0. The summed E-state index contributed by atoms with van der Waals surface area (Å²) in [6, 6.07) is -2.53. The van der Waals surface area contributed by atoms with Gasteiger partial charge in [0.1, 0.15) is 36.6 Å². The molecule has 0 aromatic carbocycles. The first-order chi connectivity index (χ1) is 19.2. The SMILES string of the molecule is CC(=O)N[C@@H]1[C@@H](O)CC(O)(C(=O)O)O[C@H]1C(O)C(O)CO.CC(=O)N[C@@H]1[C@@H](O)CC(O)(C(=O)O)O[C@H]1C(O)C(O)CO. The molecule has 2 heterocycles. The zero-order chi connectivity index (χ0) is 32.7. The Morgan fingerprint density at radius 2 is 1.00 bits per heavy atom. The Hall–Kier alpha value is -2.60. The van der Waals surface area contributed by atoms with Crippen LogP contribution < -0.4 is 10.6 Å². The first-order valence-electron chi connectivity index (χ1n) is 12.4. The van der Waals surface area contributed by atoms with Crippen LogP contribution >= 0.6 is 0 Å². The maximum atomic E-state index is 11.1. The van der Waals surface area contributed by atoms with E-state index in [1.807, 2.05) is 0 Å². The van der Waals surface area contributed by atoms with E-state index in [2.05, 4.69) is 10.6 Å². The second-order valence-electron chi connectivity index (χ2n) is 9.82. The molecule has 12 atom stereocenters. The number of hydrogen-bond acceptors (Lipinski definition) is 16.